The average Bonchev–Trinajstić information content (AvgIpc) is 3.18. The van der Waals surface area contributed by atoms with E-state index in [1.54, 1.807) is 70.2 Å². The molecular weight excluding hydrogens is 512 g/mol. The minimum absolute atomic E-state index is 0.134. The quantitative estimate of drug-likeness (QED) is 0.200. The van der Waals surface area contributed by atoms with Gasteiger partial charge in [-0.1, -0.05) is 41.0 Å². The summed E-state index contributed by atoms with van der Waals surface area (Å²) in [7, 11) is 0. The van der Waals surface area contributed by atoms with Crippen molar-refractivity contribution in [3.8, 4) is 11.1 Å². The highest BCUT2D eigenvalue weighted by Gasteiger charge is 2.36. The Bertz CT molecular complexity index is 1260. The lowest BCUT2D eigenvalue weighted by Crippen LogP contribution is -2.42. The van der Waals surface area contributed by atoms with Gasteiger partial charge in [0.25, 0.3) is 0 Å². The number of aryl methyl sites for hydroxylation is 1. The van der Waals surface area contributed by atoms with Gasteiger partial charge >= 0.3 is 5.97 Å². The summed E-state index contributed by atoms with van der Waals surface area (Å²) in [5, 5.41) is 4.79. The number of esters is 1. The molecule has 3 rings (SSSR count). The van der Waals surface area contributed by atoms with Crippen LogP contribution in [0.25, 0.3) is 11.1 Å². The zero-order chi connectivity index (χ0) is 27.5. The first-order chi connectivity index (χ1) is 17.2. The molecule has 0 fully saturated rings. The molecule has 0 spiro atoms. The van der Waals surface area contributed by atoms with Gasteiger partial charge in [-0.05, 0) is 78.3 Å². The maximum absolute atomic E-state index is 13.5. The first-order valence-corrected chi connectivity index (χ1v) is 13.5. The summed E-state index contributed by atoms with van der Waals surface area (Å²) in [5.74, 6) is -0.217. The Hall–Kier alpha value is -2.65. The molecule has 0 radical (unpaired) electrons. The number of carbonyl (C=O) groups is 2. The molecule has 198 valence electrons. The summed E-state index contributed by atoms with van der Waals surface area (Å²) in [6.07, 6.45) is -0.134. The van der Waals surface area contributed by atoms with E-state index in [1.807, 2.05) is 26.8 Å². The lowest BCUT2D eigenvalue weighted by molar-refractivity contribution is -0.155. The van der Waals surface area contributed by atoms with Gasteiger partial charge in [0.1, 0.15) is 27.8 Å². The molecule has 0 aliphatic carbocycles. The summed E-state index contributed by atoms with van der Waals surface area (Å²) in [6.45, 7) is 12.6. The Balaban J connectivity index is 2.09. The maximum Gasteiger partial charge on any atom is 0.308 e. The van der Waals surface area contributed by atoms with E-state index in [0.29, 0.717) is 38.7 Å². The van der Waals surface area contributed by atoms with Crippen LogP contribution < -0.4 is 4.72 Å². The molecule has 1 N–H and O–H groups in total. The SMILES string of the molecule is Cc1onc([C@@H](CC(=O)OC(C)(C)C)N[S@+]([O-])C(C)(C)C)c1-c1ccccc1C(=O)c1ccc(Cl)cc1. The Morgan fingerprint density at radius 2 is 1.70 bits per heavy atom. The van der Waals surface area contributed by atoms with Crippen molar-refractivity contribution in [2.24, 2.45) is 0 Å². The van der Waals surface area contributed by atoms with Crippen LogP contribution in [-0.2, 0) is 20.9 Å². The van der Waals surface area contributed by atoms with Crippen molar-refractivity contribution in [3.63, 3.8) is 0 Å². The van der Waals surface area contributed by atoms with Gasteiger partial charge < -0.3 is 13.8 Å². The van der Waals surface area contributed by atoms with Crippen LogP contribution in [0.3, 0.4) is 0 Å². The molecule has 9 heteroatoms. The van der Waals surface area contributed by atoms with Crippen LogP contribution in [0.2, 0.25) is 5.02 Å². The molecule has 3 aromatic rings. The van der Waals surface area contributed by atoms with E-state index < -0.39 is 33.7 Å². The molecule has 0 unspecified atom stereocenters. The van der Waals surface area contributed by atoms with Gasteiger partial charge in [0.2, 0.25) is 0 Å². The Labute approximate surface area is 226 Å². The number of rotatable bonds is 8. The highest BCUT2D eigenvalue weighted by molar-refractivity contribution is 7.90. The fourth-order valence-electron chi connectivity index (χ4n) is 3.66. The molecule has 1 heterocycles. The summed E-state index contributed by atoms with van der Waals surface area (Å²) in [4.78, 5) is 26.3. The van der Waals surface area contributed by atoms with Crippen LogP contribution in [0.5, 0.6) is 0 Å². The second-order valence-electron chi connectivity index (χ2n) is 10.7. The van der Waals surface area contributed by atoms with Crippen molar-refractivity contribution in [2.45, 2.75) is 71.3 Å². The third-order valence-corrected chi connectivity index (χ3v) is 7.23. The second kappa shape index (κ2) is 11.4. The Kier molecular flexibility index (Phi) is 8.90. The topological polar surface area (TPSA) is 104 Å². The van der Waals surface area contributed by atoms with Gasteiger partial charge in [0.05, 0.1) is 12.0 Å². The number of nitrogens with zero attached hydrogens (tertiary/aromatic N) is 1. The summed E-state index contributed by atoms with van der Waals surface area (Å²) in [6, 6.07) is 13.0. The van der Waals surface area contributed by atoms with Crippen molar-refractivity contribution in [3.05, 3.63) is 76.1 Å². The molecule has 0 aliphatic rings. The number of aromatic nitrogens is 1. The molecular formula is C28H33ClN2O5S. The number of nitrogens with one attached hydrogen (secondary N) is 1. The number of hydrogen-bond donors (Lipinski definition) is 1. The van der Waals surface area contributed by atoms with E-state index in [4.69, 9.17) is 20.9 Å². The molecule has 0 saturated carbocycles. The first kappa shape index (κ1) is 28.9. The van der Waals surface area contributed by atoms with Crippen molar-refractivity contribution in [1.29, 1.82) is 0 Å². The average molecular weight is 545 g/mol. The molecule has 0 saturated heterocycles. The van der Waals surface area contributed by atoms with E-state index in [9.17, 15) is 14.1 Å². The third kappa shape index (κ3) is 7.45. The highest BCUT2D eigenvalue weighted by atomic mass is 35.5. The van der Waals surface area contributed by atoms with Crippen LogP contribution in [0.4, 0.5) is 0 Å². The monoisotopic (exact) mass is 544 g/mol. The molecule has 1 aromatic heterocycles. The van der Waals surface area contributed by atoms with Crippen LogP contribution >= 0.6 is 11.6 Å². The zero-order valence-corrected chi connectivity index (χ0v) is 23.8. The molecule has 0 bridgehead atoms. The van der Waals surface area contributed by atoms with Crippen molar-refractivity contribution < 1.29 is 23.4 Å². The van der Waals surface area contributed by atoms with Crippen molar-refractivity contribution in [1.82, 2.24) is 9.88 Å². The predicted octanol–water partition coefficient (Wildman–Crippen LogP) is 6.36. The molecule has 2 aromatic carbocycles. The molecule has 0 aliphatic heterocycles. The van der Waals surface area contributed by atoms with Crippen molar-refractivity contribution >= 4 is 34.7 Å². The fourth-order valence-corrected chi connectivity index (χ4v) is 4.59. The number of ketones is 1. The highest BCUT2D eigenvalue weighted by Crippen LogP contribution is 2.36. The van der Waals surface area contributed by atoms with Crippen LogP contribution in [-0.4, -0.2) is 31.8 Å². The van der Waals surface area contributed by atoms with E-state index in [-0.39, 0.29) is 12.2 Å². The number of ether oxygens (including phenoxy) is 1. The Morgan fingerprint density at radius 1 is 1.08 bits per heavy atom. The van der Waals surface area contributed by atoms with Gasteiger partial charge in [0, 0.05) is 27.5 Å². The molecule has 2 atom stereocenters. The van der Waals surface area contributed by atoms with E-state index in [0.717, 1.165) is 0 Å². The minimum atomic E-state index is -1.53. The van der Waals surface area contributed by atoms with Crippen LogP contribution in [0.15, 0.2) is 53.1 Å². The molecule has 7 nitrogen and oxygen atoms in total. The van der Waals surface area contributed by atoms with Crippen LogP contribution in [0.1, 0.15) is 81.4 Å². The number of benzene rings is 2. The second-order valence-corrected chi connectivity index (χ2v) is 13.2. The number of hydrogen-bond acceptors (Lipinski definition) is 7. The predicted molar refractivity (Wildman–Crippen MR) is 146 cm³/mol. The third-order valence-electron chi connectivity index (χ3n) is 5.36. The maximum atomic E-state index is 13.5. The minimum Gasteiger partial charge on any atom is -0.598 e. The zero-order valence-electron chi connectivity index (χ0n) is 22.2. The van der Waals surface area contributed by atoms with Gasteiger partial charge in [-0.25, -0.2) is 0 Å². The summed E-state index contributed by atoms with van der Waals surface area (Å²) in [5.41, 5.74) is 1.75. The molecule has 0 amide bonds. The van der Waals surface area contributed by atoms with Gasteiger partial charge in [0.15, 0.2) is 5.78 Å². The number of halogens is 1. The summed E-state index contributed by atoms with van der Waals surface area (Å²) < 4.78 is 26.6. The van der Waals surface area contributed by atoms with E-state index >= 15 is 0 Å². The lowest BCUT2D eigenvalue weighted by Gasteiger charge is -2.28. The molecule has 37 heavy (non-hydrogen) atoms. The van der Waals surface area contributed by atoms with Crippen molar-refractivity contribution in [2.75, 3.05) is 0 Å². The van der Waals surface area contributed by atoms with Crippen LogP contribution in [0, 0.1) is 6.92 Å². The Morgan fingerprint density at radius 3 is 2.30 bits per heavy atom. The largest absolute Gasteiger partial charge is 0.598 e. The van der Waals surface area contributed by atoms with Gasteiger partial charge in [-0.15, -0.1) is 4.72 Å². The normalized spacial score (nSPS) is 13.8. The smallest absolute Gasteiger partial charge is 0.308 e. The van der Waals surface area contributed by atoms with E-state index in [1.165, 1.54) is 0 Å². The van der Waals surface area contributed by atoms with Gasteiger partial charge in [-0.3, -0.25) is 9.59 Å². The standard InChI is InChI=1S/C28H33ClN2O5S/c1-17-24(20-10-8-9-11-21(20)26(33)18-12-14-19(29)15-13-18)25(30-36-17)22(31-37(34)28(5,6)7)16-23(32)35-27(2,3)4/h8-15,22,31H,16H2,1-7H3/t22-,37-/m1/s1. The van der Waals surface area contributed by atoms with Gasteiger partial charge in [-0.2, -0.15) is 0 Å². The first-order valence-electron chi connectivity index (χ1n) is 11.9. The van der Waals surface area contributed by atoms with E-state index in [2.05, 4.69) is 9.88 Å². The number of carbonyl (C=O) groups excluding carboxylic acids is 2. The summed E-state index contributed by atoms with van der Waals surface area (Å²) >= 11 is 4.48. The fraction of sp³-hybridized carbons (Fsp3) is 0.393. The lowest BCUT2D eigenvalue weighted by atomic mass is 9.91.